The summed E-state index contributed by atoms with van der Waals surface area (Å²) in [6.45, 7) is 0.0354. The van der Waals surface area contributed by atoms with E-state index >= 15 is 0 Å². The number of hydrogen-bond acceptors (Lipinski definition) is 8. The van der Waals surface area contributed by atoms with E-state index in [9.17, 15) is 26.9 Å². The lowest BCUT2D eigenvalue weighted by molar-refractivity contribution is -0.387. The van der Waals surface area contributed by atoms with Gasteiger partial charge in [-0.1, -0.05) is 18.2 Å². The Kier molecular flexibility index (Phi) is 5.39. The van der Waals surface area contributed by atoms with E-state index in [2.05, 4.69) is 5.32 Å². The Bertz CT molecular complexity index is 1100. The second kappa shape index (κ2) is 7.47. The Morgan fingerprint density at radius 1 is 1.07 bits per heavy atom. The van der Waals surface area contributed by atoms with Crippen molar-refractivity contribution in [3.63, 3.8) is 0 Å². The molecule has 0 aromatic heterocycles. The predicted molar refractivity (Wildman–Crippen MR) is 100 cm³/mol. The summed E-state index contributed by atoms with van der Waals surface area (Å²) in [4.78, 5) is 9.86. The van der Waals surface area contributed by atoms with Crippen molar-refractivity contribution in [2.24, 2.45) is 5.14 Å². The van der Waals surface area contributed by atoms with Crippen LogP contribution in [0.3, 0.4) is 0 Å². The first-order valence-corrected chi connectivity index (χ1v) is 11.1. The first-order valence-electron chi connectivity index (χ1n) is 8.05. The largest absolute Gasteiger partial charge is 0.378 e. The van der Waals surface area contributed by atoms with Crippen LogP contribution in [0.5, 0.6) is 0 Å². The van der Waals surface area contributed by atoms with Crippen LogP contribution < -0.4 is 10.5 Å². The third kappa shape index (κ3) is 3.99. The van der Waals surface area contributed by atoms with Crippen LogP contribution in [0.15, 0.2) is 58.3 Å². The molecule has 1 fully saturated rings. The summed E-state index contributed by atoms with van der Waals surface area (Å²) in [6.07, 6.45) is 0. The van der Waals surface area contributed by atoms with Crippen molar-refractivity contribution in [2.75, 3.05) is 18.5 Å². The Morgan fingerprint density at radius 3 is 2.36 bits per heavy atom. The number of sulfone groups is 1. The van der Waals surface area contributed by atoms with Crippen molar-refractivity contribution in [2.45, 2.75) is 21.1 Å². The number of rotatable bonds is 6. The molecule has 3 rings (SSSR count). The fourth-order valence-electron chi connectivity index (χ4n) is 2.96. The second-order valence-corrected chi connectivity index (χ2v) is 9.87. The average Bonchev–Trinajstić information content (AvgIpc) is 3.10. The molecule has 1 aliphatic heterocycles. The molecule has 1 aliphatic rings. The van der Waals surface area contributed by atoms with Crippen LogP contribution in [0.25, 0.3) is 0 Å². The number of nitrogens with one attached hydrogen (secondary N) is 1. The summed E-state index contributed by atoms with van der Waals surface area (Å²) in [5.74, 6) is 0. The summed E-state index contributed by atoms with van der Waals surface area (Å²) in [5.41, 5.74) is -0.517. The van der Waals surface area contributed by atoms with Crippen LogP contribution in [0, 0.1) is 10.1 Å². The molecule has 28 heavy (non-hydrogen) atoms. The fourth-order valence-corrected chi connectivity index (χ4v) is 5.39. The molecule has 0 spiro atoms. The zero-order valence-corrected chi connectivity index (χ0v) is 16.0. The first kappa shape index (κ1) is 20.2. The molecule has 0 bridgehead atoms. The molecule has 2 aromatic rings. The van der Waals surface area contributed by atoms with Gasteiger partial charge in [0.25, 0.3) is 5.69 Å². The Morgan fingerprint density at radius 2 is 1.75 bits per heavy atom. The highest BCUT2D eigenvalue weighted by Crippen LogP contribution is 2.29. The Balaban J connectivity index is 1.91. The smallest absolute Gasteiger partial charge is 0.291 e. The number of nitro groups is 1. The van der Waals surface area contributed by atoms with Crippen LogP contribution in [-0.4, -0.2) is 46.3 Å². The van der Waals surface area contributed by atoms with E-state index in [0.29, 0.717) is 0 Å². The highest BCUT2D eigenvalue weighted by molar-refractivity contribution is 7.92. The van der Waals surface area contributed by atoms with Crippen molar-refractivity contribution >= 4 is 31.2 Å². The van der Waals surface area contributed by atoms with E-state index in [-0.39, 0.29) is 23.8 Å². The van der Waals surface area contributed by atoms with Gasteiger partial charge in [-0.3, -0.25) is 10.1 Å². The molecule has 2 unspecified atom stereocenters. The van der Waals surface area contributed by atoms with E-state index in [1.165, 1.54) is 18.2 Å². The second-order valence-electron chi connectivity index (χ2n) is 6.17. The molecule has 0 aliphatic carbocycles. The molecule has 3 N–H and O–H groups in total. The minimum Gasteiger partial charge on any atom is -0.378 e. The summed E-state index contributed by atoms with van der Waals surface area (Å²) in [6, 6.07) is 10.5. The zero-order chi connectivity index (χ0) is 20.5. The normalized spacial score (nSPS) is 20.0. The lowest BCUT2D eigenvalue weighted by Crippen LogP contribution is -2.38. The number of benzene rings is 2. The van der Waals surface area contributed by atoms with Gasteiger partial charge in [0.2, 0.25) is 10.0 Å². The van der Waals surface area contributed by atoms with Gasteiger partial charge in [0, 0.05) is 11.8 Å². The molecule has 2 atom stereocenters. The van der Waals surface area contributed by atoms with Crippen LogP contribution in [0.4, 0.5) is 11.4 Å². The van der Waals surface area contributed by atoms with Gasteiger partial charge in [-0.25, -0.2) is 22.0 Å². The number of ether oxygens (including phenoxy) is 1. The summed E-state index contributed by atoms with van der Waals surface area (Å²) >= 11 is 0. The molecule has 12 heteroatoms. The van der Waals surface area contributed by atoms with E-state index in [1.54, 1.807) is 18.2 Å². The van der Waals surface area contributed by atoms with E-state index < -0.39 is 46.7 Å². The maximum Gasteiger partial charge on any atom is 0.291 e. The molecular weight excluding hydrogens is 410 g/mol. The van der Waals surface area contributed by atoms with Gasteiger partial charge in [-0.2, -0.15) is 0 Å². The predicted octanol–water partition coefficient (Wildman–Crippen LogP) is 0.895. The highest BCUT2D eigenvalue weighted by atomic mass is 32.2. The van der Waals surface area contributed by atoms with Crippen LogP contribution in [-0.2, 0) is 24.6 Å². The van der Waals surface area contributed by atoms with Gasteiger partial charge < -0.3 is 10.1 Å². The monoisotopic (exact) mass is 427 g/mol. The third-order valence-electron chi connectivity index (χ3n) is 4.31. The SMILES string of the molecule is NS(=O)(=O)c1ccc(NC2COCC2S(=O)(=O)c2ccccc2)cc1[N+](=O)[O-]. The van der Waals surface area contributed by atoms with Crippen molar-refractivity contribution in [3.05, 3.63) is 58.6 Å². The van der Waals surface area contributed by atoms with Crippen LogP contribution in [0.1, 0.15) is 0 Å². The van der Waals surface area contributed by atoms with Gasteiger partial charge in [-0.05, 0) is 24.3 Å². The number of hydrogen-bond donors (Lipinski definition) is 2. The summed E-state index contributed by atoms with van der Waals surface area (Å²) < 4.78 is 54.1. The van der Waals surface area contributed by atoms with Crippen molar-refractivity contribution in [3.8, 4) is 0 Å². The average molecular weight is 427 g/mol. The van der Waals surface area contributed by atoms with E-state index in [1.807, 2.05) is 0 Å². The van der Waals surface area contributed by atoms with Crippen LogP contribution >= 0.6 is 0 Å². The number of nitro benzene ring substituents is 1. The minimum atomic E-state index is -4.28. The number of nitrogens with two attached hydrogens (primary N) is 1. The molecule has 0 amide bonds. The highest BCUT2D eigenvalue weighted by Gasteiger charge is 2.39. The zero-order valence-electron chi connectivity index (χ0n) is 14.4. The van der Waals surface area contributed by atoms with E-state index in [0.717, 1.165) is 12.1 Å². The van der Waals surface area contributed by atoms with Gasteiger partial charge >= 0.3 is 0 Å². The van der Waals surface area contributed by atoms with Gasteiger partial charge in [0.05, 0.1) is 29.1 Å². The van der Waals surface area contributed by atoms with Gasteiger partial charge in [0.1, 0.15) is 5.25 Å². The maximum atomic E-state index is 12.9. The number of sulfonamides is 1. The molecule has 10 nitrogen and oxygen atoms in total. The Labute approximate surface area is 161 Å². The summed E-state index contributed by atoms with van der Waals surface area (Å²) in [5, 5.41) is 18.2. The maximum absolute atomic E-state index is 12.9. The quantitative estimate of drug-likeness (QED) is 0.508. The number of anilines is 1. The molecule has 150 valence electrons. The minimum absolute atomic E-state index is 0.0355. The molecule has 0 saturated carbocycles. The topological polar surface area (TPSA) is 159 Å². The van der Waals surface area contributed by atoms with Gasteiger partial charge in [-0.15, -0.1) is 0 Å². The number of primary sulfonamides is 1. The van der Waals surface area contributed by atoms with Crippen molar-refractivity contribution < 1.29 is 26.5 Å². The van der Waals surface area contributed by atoms with Gasteiger partial charge in [0.15, 0.2) is 14.7 Å². The summed E-state index contributed by atoms with van der Waals surface area (Å²) in [7, 11) is -7.99. The lowest BCUT2D eigenvalue weighted by Gasteiger charge is -2.20. The molecule has 2 aromatic carbocycles. The standard InChI is InChI=1S/C16H17N3O7S2/c17-28(24,25)15-7-6-11(8-14(15)19(20)21)18-13-9-26-10-16(13)27(22,23)12-4-2-1-3-5-12/h1-8,13,16,18H,9-10H2,(H2,17,24,25). The molecule has 0 radical (unpaired) electrons. The van der Waals surface area contributed by atoms with Crippen molar-refractivity contribution in [1.29, 1.82) is 0 Å². The lowest BCUT2D eigenvalue weighted by atomic mass is 10.2. The molecule has 1 heterocycles. The third-order valence-corrected chi connectivity index (χ3v) is 7.46. The van der Waals surface area contributed by atoms with Crippen molar-refractivity contribution in [1.82, 2.24) is 0 Å². The number of nitrogens with zero attached hydrogens (tertiary/aromatic N) is 1. The van der Waals surface area contributed by atoms with Crippen LogP contribution in [0.2, 0.25) is 0 Å². The molecular formula is C16H17N3O7S2. The Hall–Kier alpha value is -2.54. The molecule has 1 saturated heterocycles. The van der Waals surface area contributed by atoms with E-state index in [4.69, 9.17) is 9.88 Å². The first-order chi connectivity index (χ1) is 13.1. The fraction of sp³-hybridized carbons (Fsp3) is 0.250.